The molecule has 0 aliphatic carbocycles. The van der Waals surface area contributed by atoms with Crippen LogP contribution in [0.1, 0.15) is 23.2 Å². The van der Waals surface area contributed by atoms with Crippen LogP contribution in [0.5, 0.6) is 0 Å². The van der Waals surface area contributed by atoms with Crippen molar-refractivity contribution in [3.05, 3.63) is 17.0 Å². The molecule has 0 bridgehead atoms. The number of carbonyl (C=O) groups is 1. The van der Waals surface area contributed by atoms with Crippen molar-refractivity contribution in [2.45, 2.75) is 17.1 Å². The first kappa shape index (κ1) is 14.1. The first-order valence-corrected chi connectivity index (χ1v) is 7.26. The minimum atomic E-state index is -3.63. The molecule has 0 aromatic carbocycles. The molecule has 1 heterocycles. The van der Waals surface area contributed by atoms with Crippen LogP contribution in [0.15, 0.2) is 15.7 Å². The lowest BCUT2D eigenvalue weighted by Gasteiger charge is -2.03. The second-order valence-corrected chi connectivity index (χ2v) is 6.19. The van der Waals surface area contributed by atoms with Gasteiger partial charge in [0.05, 0.1) is 5.56 Å². The summed E-state index contributed by atoms with van der Waals surface area (Å²) in [7, 11) is -3.63. The first-order valence-electron chi connectivity index (χ1n) is 4.89. The lowest BCUT2D eigenvalue weighted by Crippen LogP contribution is -2.24. The van der Waals surface area contributed by atoms with Gasteiger partial charge in [0.15, 0.2) is 0 Å². The van der Waals surface area contributed by atoms with E-state index in [1.54, 1.807) is 0 Å². The molecule has 8 heteroatoms. The highest BCUT2D eigenvalue weighted by Gasteiger charge is 2.18. The quantitative estimate of drug-likeness (QED) is 0.630. The number of aliphatic hydroxyl groups is 1. The Morgan fingerprint density at radius 2 is 2.12 bits per heavy atom. The van der Waals surface area contributed by atoms with E-state index in [4.69, 9.17) is 10.2 Å². The molecule has 0 amide bonds. The fraction of sp³-hybridized carbons (Fsp3) is 0.444. The van der Waals surface area contributed by atoms with Gasteiger partial charge in [-0.3, -0.25) is 0 Å². The van der Waals surface area contributed by atoms with E-state index < -0.39 is 16.0 Å². The second kappa shape index (κ2) is 6.10. The zero-order valence-electron chi connectivity index (χ0n) is 8.92. The second-order valence-electron chi connectivity index (χ2n) is 3.29. The molecule has 1 aromatic heterocycles. The number of hydrogen-bond acceptors (Lipinski definition) is 5. The number of sulfonamides is 1. The SMILES string of the molecule is O=C(O)c1csc(S(=O)(=O)NCCCCO)c1. The average Bonchev–Trinajstić information content (AvgIpc) is 2.74. The van der Waals surface area contributed by atoms with Crippen molar-refractivity contribution in [2.75, 3.05) is 13.2 Å². The summed E-state index contributed by atoms with van der Waals surface area (Å²) < 4.78 is 25.7. The van der Waals surface area contributed by atoms with Gasteiger partial charge in [0.1, 0.15) is 4.21 Å². The Kier molecular flexibility index (Phi) is 5.06. The maximum Gasteiger partial charge on any atom is 0.336 e. The Morgan fingerprint density at radius 1 is 1.41 bits per heavy atom. The number of aliphatic hydroxyl groups excluding tert-OH is 1. The Labute approximate surface area is 103 Å². The number of thiophene rings is 1. The van der Waals surface area contributed by atoms with Crippen molar-refractivity contribution in [3.8, 4) is 0 Å². The topological polar surface area (TPSA) is 104 Å². The summed E-state index contributed by atoms with van der Waals surface area (Å²) in [6, 6.07) is 1.13. The van der Waals surface area contributed by atoms with Crippen molar-refractivity contribution in [1.29, 1.82) is 0 Å². The van der Waals surface area contributed by atoms with Gasteiger partial charge in [-0.1, -0.05) is 0 Å². The highest BCUT2D eigenvalue weighted by atomic mass is 32.2. The number of unbranched alkanes of at least 4 members (excludes halogenated alkanes) is 1. The molecular formula is C9H13NO5S2. The number of rotatable bonds is 7. The molecule has 0 radical (unpaired) electrons. The number of hydrogen-bond donors (Lipinski definition) is 3. The van der Waals surface area contributed by atoms with Crippen molar-refractivity contribution >= 4 is 27.3 Å². The predicted octanol–water partition coefficient (Wildman–Crippen LogP) is 0.497. The number of carboxylic acid groups (broad SMARTS) is 1. The molecule has 0 saturated carbocycles. The molecule has 96 valence electrons. The standard InChI is InChI=1S/C9H13NO5S2/c11-4-2-1-3-10-17(14,15)8-5-7(6-16-8)9(12)13/h5-6,10-11H,1-4H2,(H,12,13). The lowest BCUT2D eigenvalue weighted by atomic mass is 10.3. The fourth-order valence-electron chi connectivity index (χ4n) is 1.08. The van der Waals surface area contributed by atoms with Gasteiger partial charge >= 0.3 is 5.97 Å². The van der Waals surface area contributed by atoms with Crippen molar-refractivity contribution in [2.24, 2.45) is 0 Å². The van der Waals surface area contributed by atoms with Gasteiger partial charge in [-0.2, -0.15) is 0 Å². The minimum Gasteiger partial charge on any atom is -0.478 e. The van der Waals surface area contributed by atoms with E-state index in [-0.39, 0.29) is 22.9 Å². The van der Waals surface area contributed by atoms with E-state index in [1.165, 1.54) is 5.38 Å². The normalized spacial score (nSPS) is 11.6. The van der Waals surface area contributed by atoms with Crippen molar-refractivity contribution in [3.63, 3.8) is 0 Å². The molecule has 1 rings (SSSR count). The van der Waals surface area contributed by atoms with E-state index >= 15 is 0 Å². The van der Waals surface area contributed by atoms with Gasteiger partial charge in [-0.15, -0.1) is 11.3 Å². The molecule has 0 spiro atoms. The zero-order chi connectivity index (χ0) is 12.9. The third-order valence-corrected chi connectivity index (χ3v) is 4.86. The molecule has 3 N–H and O–H groups in total. The van der Waals surface area contributed by atoms with Gasteiger partial charge in [0.2, 0.25) is 10.0 Å². The fourth-order valence-corrected chi connectivity index (χ4v) is 3.36. The van der Waals surface area contributed by atoms with Crippen LogP contribution in [0.2, 0.25) is 0 Å². The Morgan fingerprint density at radius 3 is 2.65 bits per heavy atom. The summed E-state index contributed by atoms with van der Waals surface area (Å²) in [5.74, 6) is -1.15. The molecule has 0 atom stereocenters. The predicted molar refractivity (Wildman–Crippen MR) is 62.8 cm³/mol. The van der Waals surface area contributed by atoms with E-state index in [9.17, 15) is 13.2 Å². The van der Waals surface area contributed by atoms with Crippen LogP contribution in [-0.2, 0) is 10.0 Å². The largest absolute Gasteiger partial charge is 0.478 e. The third-order valence-electron chi connectivity index (χ3n) is 1.96. The van der Waals surface area contributed by atoms with Crippen LogP contribution in [0.25, 0.3) is 0 Å². The van der Waals surface area contributed by atoms with Crippen LogP contribution >= 0.6 is 11.3 Å². The van der Waals surface area contributed by atoms with Crippen molar-refractivity contribution in [1.82, 2.24) is 4.72 Å². The third kappa shape index (κ3) is 4.08. The number of aromatic carboxylic acids is 1. The molecule has 0 aliphatic rings. The zero-order valence-corrected chi connectivity index (χ0v) is 10.6. The molecule has 0 aliphatic heterocycles. The smallest absolute Gasteiger partial charge is 0.336 e. The van der Waals surface area contributed by atoms with Crippen LogP contribution in [-0.4, -0.2) is 37.8 Å². The number of nitrogens with one attached hydrogen (secondary N) is 1. The van der Waals surface area contributed by atoms with E-state index in [0.29, 0.717) is 12.8 Å². The van der Waals surface area contributed by atoms with Crippen molar-refractivity contribution < 1.29 is 23.4 Å². The summed E-state index contributed by atoms with van der Waals surface area (Å²) >= 11 is 0.868. The summed E-state index contributed by atoms with van der Waals surface area (Å²) in [6.45, 7) is 0.243. The Hall–Kier alpha value is -0.960. The monoisotopic (exact) mass is 279 g/mol. The van der Waals surface area contributed by atoms with Crippen LogP contribution in [0, 0.1) is 0 Å². The van der Waals surface area contributed by atoms with E-state index in [1.807, 2.05) is 0 Å². The lowest BCUT2D eigenvalue weighted by molar-refractivity contribution is 0.0697. The van der Waals surface area contributed by atoms with E-state index in [0.717, 1.165) is 17.4 Å². The van der Waals surface area contributed by atoms with Gasteiger partial charge < -0.3 is 10.2 Å². The van der Waals surface area contributed by atoms with Gasteiger partial charge in [-0.05, 0) is 18.9 Å². The van der Waals surface area contributed by atoms with E-state index in [2.05, 4.69) is 4.72 Å². The highest BCUT2D eigenvalue weighted by Crippen LogP contribution is 2.19. The minimum absolute atomic E-state index is 0.0149. The molecule has 0 saturated heterocycles. The van der Waals surface area contributed by atoms with Gasteiger partial charge in [-0.25, -0.2) is 17.9 Å². The van der Waals surface area contributed by atoms with Gasteiger partial charge in [0.25, 0.3) is 0 Å². The molecule has 1 aromatic rings. The Balaban J connectivity index is 2.66. The molecule has 6 nitrogen and oxygen atoms in total. The average molecular weight is 279 g/mol. The number of carboxylic acids is 1. The molecule has 0 fully saturated rings. The summed E-state index contributed by atoms with van der Waals surface area (Å²) in [4.78, 5) is 10.6. The Bertz CT molecular complexity index is 479. The van der Waals surface area contributed by atoms with Crippen LogP contribution < -0.4 is 4.72 Å². The van der Waals surface area contributed by atoms with Gasteiger partial charge in [0, 0.05) is 18.5 Å². The first-order chi connectivity index (χ1) is 7.97. The maximum absolute atomic E-state index is 11.7. The summed E-state index contributed by atoms with van der Waals surface area (Å²) in [6.07, 6.45) is 1.06. The molecular weight excluding hydrogens is 266 g/mol. The highest BCUT2D eigenvalue weighted by molar-refractivity contribution is 7.91. The maximum atomic E-state index is 11.7. The summed E-state index contributed by atoms with van der Waals surface area (Å²) in [5.41, 5.74) is -0.0364. The molecule has 17 heavy (non-hydrogen) atoms. The summed E-state index contributed by atoms with van der Waals surface area (Å²) in [5, 5.41) is 18.5. The van der Waals surface area contributed by atoms with Crippen LogP contribution in [0.4, 0.5) is 0 Å². The molecule has 0 unspecified atom stereocenters. The van der Waals surface area contributed by atoms with Crippen LogP contribution in [0.3, 0.4) is 0 Å².